The van der Waals surface area contributed by atoms with Crippen LogP contribution in [0.5, 0.6) is 0 Å². The molecule has 0 saturated heterocycles. The first-order chi connectivity index (χ1) is 9.08. The highest BCUT2D eigenvalue weighted by molar-refractivity contribution is 7.13. The van der Waals surface area contributed by atoms with Gasteiger partial charge in [0.25, 0.3) is 0 Å². The molecule has 1 heterocycles. The Morgan fingerprint density at radius 3 is 2.84 bits per heavy atom. The number of amides is 1. The van der Waals surface area contributed by atoms with E-state index < -0.39 is 12.0 Å². The van der Waals surface area contributed by atoms with Crippen LogP contribution in [0.15, 0.2) is 5.38 Å². The molecule has 0 aliphatic heterocycles. The lowest BCUT2D eigenvalue weighted by molar-refractivity contribution is -0.121. The molecule has 1 unspecified atom stereocenters. The third-order valence-electron chi connectivity index (χ3n) is 2.27. The maximum absolute atomic E-state index is 11.7. The summed E-state index contributed by atoms with van der Waals surface area (Å²) in [6.07, 6.45) is 0.892. The van der Waals surface area contributed by atoms with Crippen molar-refractivity contribution >= 4 is 28.3 Å². The summed E-state index contributed by atoms with van der Waals surface area (Å²) in [7, 11) is 0. The van der Waals surface area contributed by atoms with Gasteiger partial charge in [0, 0.05) is 11.9 Å². The molecule has 7 heteroatoms. The van der Waals surface area contributed by atoms with E-state index in [0.717, 1.165) is 6.42 Å². The largest absolute Gasteiger partial charge is 0.461 e. The Balaban J connectivity index is 2.53. The maximum atomic E-state index is 11.7. The number of nitrogens with one attached hydrogen (secondary N) is 2. The third kappa shape index (κ3) is 4.86. The lowest BCUT2D eigenvalue weighted by Gasteiger charge is -2.12. The molecule has 0 aliphatic rings. The first kappa shape index (κ1) is 15.4. The van der Waals surface area contributed by atoms with Crippen molar-refractivity contribution in [1.82, 2.24) is 10.3 Å². The number of esters is 1. The minimum Gasteiger partial charge on any atom is -0.461 e. The van der Waals surface area contributed by atoms with Crippen LogP contribution in [0.25, 0.3) is 0 Å². The molecule has 6 nitrogen and oxygen atoms in total. The first-order valence-corrected chi connectivity index (χ1v) is 7.13. The number of nitrogens with zero attached hydrogens (tertiary/aromatic N) is 1. The van der Waals surface area contributed by atoms with Crippen LogP contribution < -0.4 is 10.6 Å². The van der Waals surface area contributed by atoms with Crippen molar-refractivity contribution in [2.45, 2.75) is 33.2 Å². The van der Waals surface area contributed by atoms with Gasteiger partial charge in [0.05, 0.1) is 6.61 Å². The fourth-order valence-corrected chi connectivity index (χ4v) is 2.06. The van der Waals surface area contributed by atoms with E-state index in [1.54, 1.807) is 19.2 Å². The van der Waals surface area contributed by atoms with E-state index >= 15 is 0 Å². The minimum atomic E-state index is -0.449. The van der Waals surface area contributed by atoms with E-state index in [2.05, 4.69) is 15.6 Å². The van der Waals surface area contributed by atoms with Crippen molar-refractivity contribution in [1.29, 1.82) is 0 Å². The highest BCUT2D eigenvalue weighted by atomic mass is 32.1. The molecule has 1 aromatic heterocycles. The van der Waals surface area contributed by atoms with Gasteiger partial charge in [-0.3, -0.25) is 4.79 Å². The predicted molar refractivity (Wildman–Crippen MR) is 74.5 cm³/mol. The number of aromatic nitrogens is 1. The summed E-state index contributed by atoms with van der Waals surface area (Å²) >= 11 is 1.27. The Morgan fingerprint density at radius 2 is 2.21 bits per heavy atom. The molecule has 0 aliphatic carbocycles. The van der Waals surface area contributed by atoms with Crippen molar-refractivity contribution in [2.75, 3.05) is 18.5 Å². The van der Waals surface area contributed by atoms with Crippen molar-refractivity contribution < 1.29 is 14.3 Å². The van der Waals surface area contributed by atoms with Gasteiger partial charge in [-0.15, -0.1) is 11.3 Å². The number of carbonyl (C=O) groups is 2. The molecule has 0 aromatic carbocycles. The van der Waals surface area contributed by atoms with E-state index in [9.17, 15) is 9.59 Å². The number of hydrogen-bond donors (Lipinski definition) is 2. The highest BCUT2D eigenvalue weighted by Gasteiger charge is 2.16. The molecule has 1 amide bonds. The zero-order valence-corrected chi connectivity index (χ0v) is 12.2. The summed E-state index contributed by atoms with van der Waals surface area (Å²) in [5.74, 6) is -0.537. The molecule has 0 saturated carbocycles. The van der Waals surface area contributed by atoms with Gasteiger partial charge in [-0.2, -0.15) is 0 Å². The van der Waals surface area contributed by atoms with Gasteiger partial charge in [-0.05, 0) is 20.3 Å². The maximum Gasteiger partial charge on any atom is 0.357 e. The van der Waals surface area contributed by atoms with Gasteiger partial charge in [0.2, 0.25) is 5.91 Å². The molecule has 106 valence electrons. The fraction of sp³-hybridized carbons (Fsp3) is 0.583. The Hall–Kier alpha value is -1.63. The molecule has 0 fully saturated rings. The molecule has 1 atom stereocenters. The average Bonchev–Trinajstić information content (AvgIpc) is 2.84. The number of carbonyl (C=O) groups excluding carboxylic acids is 2. The lowest BCUT2D eigenvalue weighted by Crippen LogP contribution is -2.37. The highest BCUT2D eigenvalue weighted by Crippen LogP contribution is 2.17. The van der Waals surface area contributed by atoms with Crippen LogP contribution in [0.3, 0.4) is 0 Å². The van der Waals surface area contributed by atoms with Gasteiger partial charge in [0.1, 0.15) is 6.04 Å². The van der Waals surface area contributed by atoms with Crippen LogP contribution in [0.1, 0.15) is 37.7 Å². The fourth-order valence-electron chi connectivity index (χ4n) is 1.29. The topological polar surface area (TPSA) is 80.3 Å². The summed E-state index contributed by atoms with van der Waals surface area (Å²) < 4.78 is 4.84. The van der Waals surface area contributed by atoms with E-state index in [-0.39, 0.29) is 11.6 Å². The van der Waals surface area contributed by atoms with Gasteiger partial charge < -0.3 is 15.4 Å². The SMILES string of the molecule is CCCNC(=O)C(C)Nc1nc(C(=O)OCC)cs1. The molecule has 1 rings (SSSR count). The Kier molecular flexibility index (Phi) is 6.27. The molecule has 0 spiro atoms. The number of anilines is 1. The van der Waals surface area contributed by atoms with Gasteiger partial charge >= 0.3 is 5.97 Å². The Labute approximate surface area is 116 Å². The first-order valence-electron chi connectivity index (χ1n) is 6.25. The number of thiazole rings is 1. The second-order valence-corrected chi connectivity index (χ2v) is 4.77. The number of ether oxygens (including phenoxy) is 1. The summed E-state index contributed by atoms with van der Waals surface area (Å²) in [6.45, 7) is 6.44. The smallest absolute Gasteiger partial charge is 0.357 e. The second kappa shape index (κ2) is 7.73. The van der Waals surface area contributed by atoms with Crippen LogP contribution in [0, 0.1) is 0 Å². The Bertz CT molecular complexity index is 434. The molecule has 0 bridgehead atoms. The van der Waals surface area contributed by atoms with Crippen molar-refractivity contribution in [3.05, 3.63) is 11.1 Å². The van der Waals surface area contributed by atoms with Gasteiger partial charge in [-0.25, -0.2) is 9.78 Å². The van der Waals surface area contributed by atoms with E-state index in [0.29, 0.717) is 18.3 Å². The van der Waals surface area contributed by atoms with Crippen molar-refractivity contribution in [2.24, 2.45) is 0 Å². The predicted octanol–water partition coefficient (Wildman–Crippen LogP) is 1.65. The van der Waals surface area contributed by atoms with Crippen LogP contribution >= 0.6 is 11.3 Å². The van der Waals surface area contributed by atoms with E-state index in [1.165, 1.54) is 11.3 Å². The van der Waals surface area contributed by atoms with E-state index in [1.807, 2.05) is 6.92 Å². The molecule has 0 radical (unpaired) electrons. The lowest BCUT2D eigenvalue weighted by atomic mass is 10.3. The second-order valence-electron chi connectivity index (χ2n) is 3.92. The molecule has 19 heavy (non-hydrogen) atoms. The zero-order valence-electron chi connectivity index (χ0n) is 11.4. The molecule has 1 aromatic rings. The van der Waals surface area contributed by atoms with Gasteiger partial charge in [-0.1, -0.05) is 6.92 Å². The molecular weight excluding hydrogens is 266 g/mol. The number of hydrogen-bond acceptors (Lipinski definition) is 6. The average molecular weight is 285 g/mol. The summed E-state index contributed by atoms with van der Waals surface area (Å²) in [5, 5.41) is 7.88. The summed E-state index contributed by atoms with van der Waals surface area (Å²) in [5.41, 5.74) is 0.260. The molecule has 2 N–H and O–H groups in total. The van der Waals surface area contributed by atoms with Crippen molar-refractivity contribution in [3.63, 3.8) is 0 Å². The van der Waals surface area contributed by atoms with Crippen LogP contribution in [0.2, 0.25) is 0 Å². The third-order valence-corrected chi connectivity index (χ3v) is 3.04. The zero-order chi connectivity index (χ0) is 14.3. The summed E-state index contributed by atoms with van der Waals surface area (Å²) in [6, 6.07) is -0.396. The van der Waals surface area contributed by atoms with Crippen LogP contribution in [-0.4, -0.2) is 36.1 Å². The normalized spacial score (nSPS) is 11.7. The quantitative estimate of drug-likeness (QED) is 0.745. The monoisotopic (exact) mass is 285 g/mol. The Morgan fingerprint density at radius 1 is 1.47 bits per heavy atom. The molecular formula is C12H19N3O3S. The van der Waals surface area contributed by atoms with Crippen LogP contribution in [-0.2, 0) is 9.53 Å². The minimum absolute atomic E-state index is 0.0882. The van der Waals surface area contributed by atoms with E-state index in [4.69, 9.17) is 4.74 Å². The number of rotatable bonds is 7. The van der Waals surface area contributed by atoms with Crippen LogP contribution in [0.4, 0.5) is 5.13 Å². The van der Waals surface area contributed by atoms with Crippen molar-refractivity contribution in [3.8, 4) is 0 Å². The van der Waals surface area contributed by atoms with Gasteiger partial charge in [0.15, 0.2) is 10.8 Å². The summed E-state index contributed by atoms with van der Waals surface area (Å²) in [4.78, 5) is 27.2. The standard InChI is InChI=1S/C12H19N3O3S/c1-4-6-13-10(16)8(3)14-12-15-9(7-19-12)11(17)18-5-2/h7-8H,4-6H2,1-3H3,(H,13,16)(H,14,15).